The van der Waals surface area contributed by atoms with Crippen LogP contribution in [0.5, 0.6) is 5.75 Å². The van der Waals surface area contributed by atoms with Crippen LogP contribution in [0.25, 0.3) is 22.8 Å². The van der Waals surface area contributed by atoms with Gasteiger partial charge in [0, 0.05) is 17.5 Å². The summed E-state index contributed by atoms with van der Waals surface area (Å²) in [4.78, 5) is 19.0. The zero-order chi connectivity index (χ0) is 24.0. The third-order valence-corrected chi connectivity index (χ3v) is 6.58. The smallest absolute Gasteiger partial charge is 0.258 e. The molecule has 3 aromatic rings. The molecular formula is C26H26N4O4. The molecule has 0 radical (unpaired) electrons. The van der Waals surface area contributed by atoms with E-state index in [4.69, 9.17) is 9.26 Å². The van der Waals surface area contributed by atoms with E-state index >= 15 is 0 Å². The van der Waals surface area contributed by atoms with Gasteiger partial charge in [-0.1, -0.05) is 23.4 Å². The zero-order valence-electron chi connectivity index (χ0n) is 19.4. The van der Waals surface area contributed by atoms with Crippen LogP contribution in [0.15, 0.2) is 40.9 Å². The van der Waals surface area contributed by atoms with E-state index in [1.165, 1.54) is 0 Å². The lowest BCUT2D eigenvalue weighted by molar-refractivity contribution is -0.131. The fourth-order valence-electron chi connectivity index (χ4n) is 5.16. The van der Waals surface area contributed by atoms with E-state index in [1.54, 1.807) is 18.2 Å². The molecule has 1 N–H and O–H groups in total. The Balaban J connectivity index is 1.48. The van der Waals surface area contributed by atoms with Crippen LogP contribution in [0.2, 0.25) is 0 Å². The molecule has 1 unspecified atom stereocenters. The fourth-order valence-corrected chi connectivity index (χ4v) is 5.16. The van der Waals surface area contributed by atoms with Crippen molar-refractivity contribution in [3.05, 3.63) is 53.1 Å². The van der Waals surface area contributed by atoms with E-state index in [0.717, 1.165) is 23.1 Å². The van der Waals surface area contributed by atoms with Gasteiger partial charge < -0.3 is 19.3 Å². The second-order valence-corrected chi connectivity index (χ2v) is 9.23. The van der Waals surface area contributed by atoms with Gasteiger partial charge in [0.2, 0.25) is 11.7 Å². The Morgan fingerprint density at radius 3 is 2.82 bits per heavy atom. The molecule has 34 heavy (non-hydrogen) atoms. The van der Waals surface area contributed by atoms with Crippen molar-refractivity contribution >= 4 is 5.91 Å². The molecule has 3 atom stereocenters. The predicted octanol–water partition coefficient (Wildman–Crippen LogP) is 3.89. The van der Waals surface area contributed by atoms with Gasteiger partial charge in [-0.2, -0.15) is 10.2 Å². The summed E-state index contributed by atoms with van der Waals surface area (Å²) >= 11 is 0. The SMILES string of the molecule is CC(C)Oc1ccc(-c2nc(-c3cccc4c3C[C@@H]3CC(=O)N([C@H](C)CO)C43)no2)cc1C#N. The van der Waals surface area contributed by atoms with Gasteiger partial charge in [-0.15, -0.1) is 0 Å². The molecular weight excluding hydrogens is 432 g/mol. The Kier molecular flexibility index (Phi) is 5.58. The summed E-state index contributed by atoms with van der Waals surface area (Å²) in [5, 5.41) is 23.4. The fraction of sp³-hybridized carbons (Fsp3) is 0.385. The third kappa shape index (κ3) is 3.62. The first kappa shape index (κ1) is 22.1. The van der Waals surface area contributed by atoms with E-state index < -0.39 is 0 Å². The van der Waals surface area contributed by atoms with Gasteiger partial charge in [0.1, 0.15) is 11.8 Å². The summed E-state index contributed by atoms with van der Waals surface area (Å²) in [6, 6.07) is 13.1. The Hall–Kier alpha value is -3.70. The van der Waals surface area contributed by atoms with Crippen molar-refractivity contribution in [3.63, 3.8) is 0 Å². The van der Waals surface area contributed by atoms with Crippen LogP contribution in [-0.2, 0) is 11.2 Å². The standard InChI is InChI=1S/C26H26N4O4/c1-14(2)33-22-8-7-16(9-18(22)12-27)26-28-25(29-34-26)20-6-4-5-19-21(20)10-17-11-23(32)30(24(17)19)15(3)13-31/h4-9,14-15,17,24,31H,10-11,13H2,1-3H3/t15-,17-,24?/m1/s1. The molecule has 1 amide bonds. The lowest BCUT2D eigenvalue weighted by Gasteiger charge is -2.30. The Labute approximate surface area is 197 Å². The molecule has 8 nitrogen and oxygen atoms in total. The normalized spacial score (nSPS) is 19.8. The van der Waals surface area contributed by atoms with Crippen LogP contribution in [0.3, 0.4) is 0 Å². The van der Waals surface area contributed by atoms with Crippen LogP contribution < -0.4 is 4.74 Å². The van der Waals surface area contributed by atoms with Gasteiger partial charge in [0.25, 0.3) is 5.89 Å². The van der Waals surface area contributed by atoms with Crippen molar-refractivity contribution < 1.29 is 19.2 Å². The number of rotatable bonds is 6. The summed E-state index contributed by atoms with van der Waals surface area (Å²) in [6.07, 6.45) is 1.18. The van der Waals surface area contributed by atoms with Crippen LogP contribution in [0.4, 0.5) is 0 Å². The number of aliphatic hydroxyl groups is 1. The maximum absolute atomic E-state index is 12.6. The van der Waals surface area contributed by atoms with Gasteiger partial charge >= 0.3 is 0 Å². The molecule has 0 saturated carbocycles. The minimum Gasteiger partial charge on any atom is -0.490 e. The minimum atomic E-state index is -0.231. The minimum absolute atomic E-state index is 0.0392. The number of likely N-dealkylation sites (tertiary alicyclic amines) is 1. The number of hydrogen-bond acceptors (Lipinski definition) is 7. The number of nitriles is 1. The number of carbonyl (C=O) groups is 1. The largest absolute Gasteiger partial charge is 0.490 e. The summed E-state index contributed by atoms with van der Waals surface area (Å²) < 4.78 is 11.3. The highest BCUT2D eigenvalue weighted by atomic mass is 16.5. The maximum atomic E-state index is 12.6. The van der Waals surface area contributed by atoms with E-state index in [9.17, 15) is 15.2 Å². The van der Waals surface area contributed by atoms with Crippen molar-refractivity contribution in [1.29, 1.82) is 5.26 Å². The molecule has 1 saturated heterocycles. The van der Waals surface area contributed by atoms with Crippen LogP contribution in [0.1, 0.15) is 49.9 Å². The molecule has 174 valence electrons. The Bertz CT molecular complexity index is 1290. The lowest BCUT2D eigenvalue weighted by Crippen LogP contribution is -2.38. The molecule has 1 aromatic heterocycles. The summed E-state index contributed by atoms with van der Waals surface area (Å²) in [7, 11) is 0. The molecule has 2 aliphatic rings. The molecule has 1 fully saturated rings. The average molecular weight is 459 g/mol. The zero-order valence-corrected chi connectivity index (χ0v) is 19.4. The molecule has 8 heteroatoms. The van der Waals surface area contributed by atoms with E-state index in [0.29, 0.717) is 35.0 Å². The van der Waals surface area contributed by atoms with Crippen molar-refractivity contribution in [2.45, 2.75) is 51.8 Å². The number of amides is 1. The van der Waals surface area contributed by atoms with Gasteiger partial charge in [-0.25, -0.2) is 0 Å². The number of aliphatic hydroxyl groups excluding tert-OH is 1. The molecule has 5 rings (SSSR count). The van der Waals surface area contributed by atoms with Gasteiger partial charge in [0.15, 0.2) is 0 Å². The maximum Gasteiger partial charge on any atom is 0.258 e. The second kappa shape index (κ2) is 8.58. The highest BCUT2D eigenvalue weighted by molar-refractivity contribution is 5.81. The second-order valence-electron chi connectivity index (χ2n) is 9.23. The molecule has 1 aliphatic carbocycles. The van der Waals surface area contributed by atoms with Crippen molar-refractivity contribution in [2.24, 2.45) is 5.92 Å². The number of ether oxygens (including phenoxy) is 1. The molecule has 0 bridgehead atoms. The Morgan fingerprint density at radius 2 is 2.09 bits per heavy atom. The molecule has 1 aliphatic heterocycles. The van der Waals surface area contributed by atoms with Gasteiger partial charge in [-0.3, -0.25) is 4.79 Å². The lowest BCUT2D eigenvalue weighted by atomic mass is 10.0. The molecule has 2 aromatic carbocycles. The number of fused-ring (bicyclic) bond motifs is 3. The molecule has 2 heterocycles. The first-order valence-corrected chi connectivity index (χ1v) is 11.5. The van der Waals surface area contributed by atoms with Crippen molar-refractivity contribution in [1.82, 2.24) is 15.0 Å². The van der Waals surface area contributed by atoms with E-state index in [1.807, 2.05) is 43.9 Å². The Morgan fingerprint density at radius 1 is 1.26 bits per heavy atom. The molecule has 0 spiro atoms. The van der Waals surface area contributed by atoms with Gasteiger partial charge in [0.05, 0.1) is 30.4 Å². The quantitative estimate of drug-likeness (QED) is 0.596. The number of benzene rings is 2. The predicted molar refractivity (Wildman–Crippen MR) is 124 cm³/mol. The first-order valence-electron chi connectivity index (χ1n) is 11.5. The van der Waals surface area contributed by atoms with Crippen LogP contribution in [0, 0.1) is 17.2 Å². The van der Waals surface area contributed by atoms with Gasteiger partial charge in [-0.05, 0) is 62.4 Å². The monoisotopic (exact) mass is 458 g/mol. The topological polar surface area (TPSA) is 112 Å². The first-order chi connectivity index (χ1) is 16.4. The van der Waals surface area contributed by atoms with Crippen molar-refractivity contribution in [3.8, 4) is 34.7 Å². The summed E-state index contributed by atoms with van der Waals surface area (Å²) in [5.74, 6) is 1.58. The van der Waals surface area contributed by atoms with Crippen LogP contribution in [-0.4, -0.2) is 44.8 Å². The highest BCUT2D eigenvalue weighted by Crippen LogP contribution is 2.50. The number of hydrogen-bond donors (Lipinski definition) is 1. The number of nitrogens with zero attached hydrogens (tertiary/aromatic N) is 4. The average Bonchev–Trinajstić information content (AvgIpc) is 3.52. The third-order valence-electron chi connectivity index (χ3n) is 6.58. The highest BCUT2D eigenvalue weighted by Gasteiger charge is 2.47. The van der Waals surface area contributed by atoms with Crippen LogP contribution >= 0.6 is 0 Å². The summed E-state index contributed by atoms with van der Waals surface area (Å²) in [6.45, 7) is 5.63. The van der Waals surface area contributed by atoms with E-state index in [-0.39, 0.29) is 36.6 Å². The number of carbonyl (C=O) groups excluding carboxylic acids is 1. The number of aromatic nitrogens is 2. The summed E-state index contributed by atoms with van der Waals surface area (Å²) in [5.41, 5.74) is 4.13. The van der Waals surface area contributed by atoms with Crippen molar-refractivity contribution in [2.75, 3.05) is 6.61 Å². The van der Waals surface area contributed by atoms with E-state index in [2.05, 4.69) is 16.2 Å².